The predicted octanol–water partition coefficient (Wildman–Crippen LogP) is 2.97. The van der Waals surface area contributed by atoms with Gasteiger partial charge in [0.05, 0.1) is 17.6 Å². The van der Waals surface area contributed by atoms with E-state index in [9.17, 15) is 4.79 Å². The van der Waals surface area contributed by atoms with E-state index in [1.165, 1.54) is 5.56 Å². The highest BCUT2D eigenvalue weighted by atomic mass is 16.2. The number of carbonyl (C=O) groups is 1. The molecule has 132 valence electrons. The smallest absolute Gasteiger partial charge is 0.280 e. The fraction of sp³-hybridized carbons (Fsp3) is 0.250. The second kappa shape index (κ2) is 7.00. The van der Waals surface area contributed by atoms with Crippen molar-refractivity contribution < 1.29 is 4.79 Å². The van der Waals surface area contributed by atoms with Gasteiger partial charge in [-0.05, 0) is 24.6 Å². The van der Waals surface area contributed by atoms with E-state index >= 15 is 0 Å². The van der Waals surface area contributed by atoms with Crippen molar-refractivity contribution in [3.63, 3.8) is 0 Å². The molecular weight excluding hydrogens is 326 g/mol. The largest absolute Gasteiger partial charge is 0.364 e. The number of fused-ring (bicyclic) bond motifs is 1. The molecule has 0 unspecified atom stereocenters. The zero-order valence-electron chi connectivity index (χ0n) is 14.7. The molecule has 6 nitrogen and oxygen atoms in total. The van der Waals surface area contributed by atoms with Crippen molar-refractivity contribution in [2.24, 2.45) is 0 Å². The first-order valence-corrected chi connectivity index (χ1v) is 8.86. The maximum Gasteiger partial charge on any atom is 0.280 e. The lowest BCUT2D eigenvalue weighted by molar-refractivity contribution is 0.0981. The van der Waals surface area contributed by atoms with Crippen molar-refractivity contribution in [2.75, 3.05) is 22.9 Å². The maximum absolute atomic E-state index is 12.9. The number of hydrogen-bond acceptors (Lipinski definition) is 4. The molecule has 1 aromatic heterocycles. The van der Waals surface area contributed by atoms with Gasteiger partial charge >= 0.3 is 0 Å². The molecule has 0 saturated heterocycles. The van der Waals surface area contributed by atoms with Crippen molar-refractivity contribution in [3.8, 4) is 0 Å². The van der Waals surface area contributed by atoms with E-state index in [-0.39, 0.29) is 5.91 Å². The van der Waals surface area contributed by atoms with Gasteiger partial charge in [-0.3, -0.25) is 9.48 Å². The molecule has 0 aliphatic carbocycles. The first-order chi connectivity index (χ1) is 12.8. The molecule has 1 aliphatic rings. The lowest BCUT2D eigenvalue weighted by atomic mass is 10.1. The van der Waals surface area contributed by atoms with E-state index in [4.69, 9.17) is 0 Å². The number of para-hydroxylation sites is 2. The highest BCUT2D eigenvalue weighted by molar-refractivity contribution is 6.07. The second-order valence-corrected chi connectivity index (χ2v) is 6.31. The minimum absolute atomic E-state index is 0.100. The van der Waals surface area contributed by atoms with Crippen molar-refractivity contribution >= 4 is 17.3 Å². The summed E-state index contributed by atoms with van der Waals surface area (Å²) < 4.78 is 1.67. The van der Waals surface area contributed by atoms with Gasteiger partial charge in [-0.25, -0.2) is 0 Å². The Labute approximate surface area is 152 Å². The third kappa shape index (κ3) is 3.06. The highest BCUT2D eigenvalue weighted by Crippen LogP contribution is 2.34. The second-order valence-electron chi connectivity index (χ2n) is 6.31. The summed E-state index contributed by atoms with van der Waals surface area (Å²) in [6.07, 6.45) is 1.71. The number of rotatable bonds is 4. The van der Waals surface area contributed by atoms with Crippen LogP contribution in [0.1, 0.15) is 23.0 Å². The quantitative estimate of drug-likeness (QED) is 0.728. The molecule has 2 heterocycles. The van der Waals surface area contributed by atoms with Crippen LogP contribution in [-0.2, 0) is 13.1 Å². The van der Waals surface area contributed by atoms with Gasteiger partial charge in [0, 0.05) is 26.2 Å². The molecule has 6 heteroatoms. The fourth-order valence-corrected chi connectivity index (χ4v) is 3.29. The number of hydrogen-bond donors (Lipinski definition) is 0. The summed E-state index contributed by atoms with van der Waals surface area (Å²) in [7, 11) is 0. The van der Waals surface area contributed by atoms with Crippen LogP contribution in [-0.4, -0.2) is 34.0 Å². The lowest BCUT2D eigenvalue weighted by Gasteiger charge is -2.37. The Morgan fingerprint density at radius 3 is 2.46 bits per heavy atom. The number of amides is 1. The number of aryl methyl sites for hydroxylation is 1. The van der Waals surface area contributed by atoms with Crippen molar-refractivity contribution in [2.45, 2.75) is 20.0 Å². The molecule has 0 radical (unpaired) electrons. The van der Waals surface area contributed by atoms with E-state index in [0.29, 0.717) is 18.8 Å². The summed E-state index contributed by atoms with van der Waals surface area (Å²) in [6.45, 7) is 4.90. The highest BCUT2D eigenvalue weighted by Gasteiger charge is 2.28. The molecule has 4 rings (SSSR count). The van der Waals surface area contributed by atoms with Crippen molar-refractivity contribution in [1.82, 2.24) is 15.0 Å². The third-order valence-electron chi connectivity index (χ3n) is 4.65. The molecule has 26 heavy (non-hydrogen) atoms. The van der Waals surface area contributed by atoms with Crippen LogP contribution in [0.25, 0.3) is 0 Å². The zero-order valence-corrected chi connectivity index (χ0v) is 14.7. The Balaban J connectivity index is 1.62. The van der Waals surface area contributed by atoms with E-state index in [2.05, 4.69) is 45.5 Å². The van der Waals surface area contributed by atoms with Crippen LogP contribution in [0.5, 0.6) is 0 Å². The van der Waals surface area contributed by atoms with E-state index < -0.39 is 0 Å². The van der Waals surface area contributed by atoms with Gasteiger partial charge < -0.3 is 9.80 Å². The molecule has 0 fully saturated rings. The van der Waals surface area contributed by atoms with Crippen LogP contribution in [0.15, 0.2) is 60.8 Å². The summed E-state index contributed by atoms with van der Waals surface area (Å²) in [5.41, 5.74) is 3.63. The molecule has 1 aliphatic heterocycles. The van der Waals surface area contributed by atoms with Crippen molar-refractivity contribution in [3.05, 3.63) is 72.1 Å². The van der Waals surface area contributed by atoms with Gasteiger partial charge in [-0.15, -0.1) is 5.10 Å². The Kier molecular flexibility index (Phi) is 4.39. The van der Waals surface area contributed by atoms with Gasteiger partial charge in [-0.2, -0.15) is 0 Å². The molecule has 2 aromatic carbocycles. The molecule has 0 saturated carbocycles. The summed E-state index contributed by atoms with van der Waals surface area (Å²) >= 11 is 0. The van der Waals surface area contributed by atoms with Crippen LogP contribution in [0, 0.1) is 0 Å². The number of anilines is 2. The first kappa shape index (κ1) is 16.3. The van der Waals surface area contributed by atoms with E-state index in [0.717, 1.165) is 24.5 Å². The monoisotopic (exact) mass is 347 g/mol. The normalized spacial score (nSPS) is 13.6. The van der Waals surface area contributed by atoms with Gasteiger partial charge in [0.2, 0.25) is 0 Å². The van der Waals surface area contributed by atoms with Crippen LogP contribution < -0.4 is 9.80 Å². The summed E-state index contributed by atoms with van der Waals surface area (Å²) in [5.74, 6) is -0.100. The summed E-state index contributed by atoms with van der Waals surface area (Å²) in [4.78, 5) is 17.1. The van der Waals surface area contributed by atoms with Crippen LogP contribution >= 0.6 is 0 Å². The number of nitrogens with zero attached hydrogens (tertiary/aromatic N) is 5. The number of benzene rings is 2. The zero-order chi connectivity index (χ0) is 17.9. The fourth-order valence-electron chi connectivity index (χ4n) is 3.29. The predicted molar refractivity (Wildman–Crippen MR) is 101 cm³/mol. The summed E-state index contributed by atoms with van der Waals surface area (Å²) in [5, 5.41) is 8.02. The SMILES string of the molecule is CCn1cc(C(=O)N2CCN(Cc3ccccc3)c3ccccc32)nn1. The standard InChI is InChI=1S/C20H21N5O/c1-2-24-15-17(21-22-24)20(26)25-13-12-23(14-16-8-4-3-5-9-16)18-10-6-7-11-19(18)25/h3-11,15H,2,12-14H2,1H3. The van der Waals surface area contributed by atoms with Gasteiger partial charge in [0.15, 0.2) is 5.69 Å². The average molecular weight is 347 g/mol. The lowest BCUT2D eigenvalue weighted by Crippen LogP contribution is -2.44. The van der Waals surface area contributed by atoms with Crippen molar-refractivity contribution in [1.29, 1.82) is 0 Å². The van der Waals surface area contributed by atoms with Crippen LogP contribution in [0.4, 0.5) is 11.4 Å². The molecule has 3 aromatic rings. The van der Waals surface area contributed by atoms with Gasteiger partial charge in [-0.1, -0.05) is 47.7 Å². The minimum atomic E-state index is -0.100. The first-order valence-electron chi connectivity index (χ1n) is 8.86. The van der Waals surface area contributed by atoms with Crippen LogP contribution in [0.2, 0.25) is 0 Å². The minimum Gasteiger partial charge on any atom is -0.364 e. The van der Waals surface area contributed by atoms with Crippen LogP contribution in [0.3, 0.4) is 0 Å². The van der Waals surface area contributed by atoms with E-state index in [1.54, 1.807) is 15.8 Å². The van der Waals surface area contributed by atoms with E-state index in [1.807, 2.05) is 31.2 Å². The molecular formula is C20H21N5O. The number of carbonyl (C=O) groups excluding carboxylic acids is 1. The Morgan fingerprint density at radius 1 is 1.00 bits per heavy atom. The van der Waals surface area contributed by atoms with Gasteiger partial charge in [0.1, 0.15) is 0 Å². The Bertz CT molecular complexity index is 905. The molecule has 0 atom stereocenters. The van der Waals surface area contributed by atoms with Gasteiger partial charge in [0.25, 0.3) is 5.91 Å². The maximum atomic E-state index is 12.9. The topological polar surface area (TPSA) is 54.3 Å². The molecule has 0 spiro atoms. The Morgan fingerprint density at radius 2 is 1.73 bits per heavy atom. The third-order valence-corrected chi connectivity index (χ3v) is 4.65. The molecule has 0 N–H and O–H groups in total. The summed E-state index contributed by atoms with van der Waals surface area (Å²) in [6, 6.07) is 18.4. The molecule has 1 amide bonds. The Hall–Kier alpha value is -3.15. The average Bonchev–Trinajstić information content (AvgIpc) is 3.18. The molecule has 0 bridgehead atoms. The number of aromatic nitrogens is 3.